The van der Waals surface area contributed by atoms with Gasteiger partial charge in [-0.1, -0.05) is 66.0 Å². The summed E-state index contributed by atoms with van der Waals surface area (Å²) in [5.74, 6) is 0. The fraction of sp³-hybridized carbons (Fsp3) is 0.294. The Morgan fingerprint density at radius 1 is 1.00 bits per heavy atom. The van der Waals surface area contributed by atoms with Crippen LogP contribution in [0.1, 0.15) is 37.8 Å². The quantitative estimate of drug-likeness (QED) is 0.650. The lowest BCUT2D eigenvalue weighted by atomic mass is 10.0. The highest BCUT2D eigenvalue weighted by Gasteiger charge is 2.10. The van der Waals surface area contributed by atoms with Crippen molar-refractivity contribution in [2.75, 3.05) is 5.32 Å². The molecule has 0 bridgehead atoms. The highest BCUT2D eigenvalue weighted by atomic mass is 79.9. The molecule has 0 fully saturated rings. The van der Waals surface area contributed by atoms with Crippen molar-refractivity contribution in [2.24, 2.45) is 0 Å². The summed E-state index contributed by atoms with van der Waals surface area (Å²) in [6.45, 7) is 2.24. The molecule has 0 aromatic heterocycles. The first-order chi connectivity index (χ1) is 9.29. The highest BCUT2D eigenvalue weighted by Crippen LogP contribution is 2.25. The van der Waals surface area contributed by atoms with E-state index in [0.29, 0.717) is 6.04 Å². The van der Waals surface area contributed by atoms with Crippen molar-refractivity contribution in [2.45, 2.75) is 32.2 Å². The predicted molar refractivity (Wildman–Crippen MR) is 93.7 cm³/mol. The van der Waals surface area contributed by atoms with Crippen LogP contribution in [0.4, 0.5) is 5.69 Å². The first-order valence-corrected chi connectivity index (χ1v) is 7.66. The maximum atomic E-state index is 3.63. The Morgan fingerprint density at radius 2 is 1.65 bits per heavy atom. The summed E-state index contributed by atoms with van der Waals surface area (Å²) >= 11 is 3.49. The molecule has 1 N–H and O–H groups in total. The van der Waals surface area contributed by atoms with Crippen molar-refractivity contribution in [3.8, 4) is 0 Å². The second-order valence-corrected chi connectivity index (χ2v) is 5.67. The van der Waals surface area contributed by atoms with Gasteiger partial charge in [0.15, 0.2) is 0 Å². The van der Waals surface area contributed by atoms with Gasteiger partial charge in [0.05, 0.1) is 6.04 Å². The van der Waals surface area contributed by atoms with E-state index < -0.39 is 0 Å². The van der Waals surface area contributed by atoms with Gasteiger partial charge in [0.25, 0.3) is 0 Å². The Kier molecular flexibility index (Phi) is 7.71. The minimum atomic E-state index is 0. The summed E-state index contributed by atoms with van der Waals surface area (Å²) in [6.07, 6.45) is 3.62. The van der Waals surface area contributed by atoms with Crippen molar-refractivity contribution in [3.63, 3.8) is 0 Å². The van der Waals surface area contributed by atoms with E-state index in [1.807, 2.05) is 6.07 Å². The largest absolute Gasteiger partial charge is 0.378 e. The fourth-order valence-electron chi connectivity index (χ4n) is 2.16. The number of benzene rings is 2. The predicted octanol–water partition coefficient (Wildman–Crippen LogP) is 6.21. The van der Waals surface area contributed by atoms with Crippen molar-refractivity contribution < 1.29 is 0 Å². The molecular formula is C17H21BrClN. The average Bonchev–Trinajstić information content (AvgIpc) is 2.45. The molecule has 0 saturated heterocycles. The lowest BCUT2D eigenvalue weighted by molar-refractivity contribution is 0.634. The van der Waals surface area contributed by atoms with E-state index in [1.54, 1.807) is 0 Å². The molecule has 20 heavy (non-hydrogen) atoms. The number of para-hydroxylation sites is 1. The lowest BCUT2D eigenvalue weighted by Gasteiger charge is -2.20. The topological polar surface area (TPSA) is 12.0 Å². The molecule has 1 unspecified atom stereocenters. The van der Waals surface area contributed by atoms with E-state index in [1.165, 1.54) is 24.1 Å². The van der Waals surface area contributed by atoms with Gasteiger partial charge in [-0.3, -0.25) is 0 Å². The molecule has 2 aromatic rings. The van der Waals surface area contributed by atoms with Crippen molar-refractivity contribution in [1.82, 2.24) is 0 Å². The zero-order valence-corrected chi connectivity index (χ0v) is 14.1. The SMILES string of the molecule is CCCCC(Nc1ccccc1)c1ccc(Br)cc1.Cl. The third kappa shape index (κ3) is 5.18. The number of rotatable bonds is 6. The van der Waals surface area contributed by atoms with Crippen molar-refractivity contribution >= 4 is 34.0 Å². The summed E-state index contributed by atoms with van der Waals surface area (Å²) in [5, 5.41) is 3.63. The first kappa shape index (κ1) is 17.1. The molecular weight excluding hydrogens is 334 g/mol. The van der Waals surface area contributed by atoms with Crippen LogP contribution in [0.5, 0.6) is 0 Å². The Balaban J connectivity index is 0.00000200. The van der Waals surface area contributed by atoms with Gasteiger partial charge in [-0.2, -0.15) is 0 Å². The van der Waals surface area contributed by atoms with Gasteiger partial charge in [0.1, 0.15) is 0 Å². The molecule has 0 radical (unpaired) electrons. The third-order valence-corrected chi connectivity index (χ3v) is 3.76. The van der Waals surface area contributed by atoms with Crippen LogP contribution in [0.2, 0.25) is 0 Å². The smallest absolute Gasteiger partial charge is 0.0513 e. The van der Waals surface area contributed by atoms with Gasteiger partial charge in [-0.15, -0.1) is 12.4 Å². The number of nitrogens with one attached hydrogen (secondary N) is 1. The Hall–Kier alpha value is -0.990. The van der Waals surface area contributed by atoms with Crippen molar-refractivity contribution in [3.05, 3.63) is 64.6 Å². The van der Waals surface area contributed by atoms with E-state index >= 15 is 0 Å². The Labute approximate surface area is 136 Å². The monoisotopic (exact) mass is 353 g/mol. The minimum Gasteiger partial charge on any atom is -0.378 e. The van der Waals surface area contributed by atoms with E-state index in [-0.39, 0.29) is 12.4 Å². The highest BCUT2D eigenvalue weighted by molar-refractivity contribution is 9.10. The number of anilines is 1. The van der Waals surface area contributed by atoms with Crippen LogP contribution in [0.3, 0.4) is 0 Å². The summed E-state index contributed by atoms with van der Waals surface area (Å²) in [5.41, 5.74) is 2.53. The number of halogens is 2. The van der Waals surface area contributed by atoms with E-state index in [2.05, 4.69) is 76.7 Å². The molecule has 1 nitrogen and oxygen atoms in total. The van der Waals surface area contributed by atoms with Gasteiger partial charge in [-0.25, -0.2) is 0 Å². The van der Waals surface area contributed by atoms with Crippen LogP contribution in [0.15, 0.2) is 59.1 Å². The maximum absolute atomic E-state index is 3.63. The van der Waals surface area contributed by atoms with Gasteiger partial charge < -0.3 is 5.32 Å². The molecule has 0 amide bonds. The normalized spacial score (nSPS) is 11.5. The van der Waals surface area contributed by atoms with Crippen LogP contribution >= 0.6 is 28.3 Å². The molecule has 108 valence electrons. The van der Waals surface area contributed by atoms with E-state index in [0.717, 1.165) is 10.9 Å². The average molecular weight is 355 g/mol. The van der Waals surface area contributed by atoms with E-state index in [4.69, 9.17) is 0 Å². The first-order valence-electron chi connectivity index (χ1n) is 6.86. The molecule has 0 heterocycles. The zero-order valence-electron chi connectivity index (χ0n) is 11.7. The van der Waals surface area contributed by atoms with Crippen LogP contribution in [-0.4, -0.2) is 0 Å². The van der Waals surface area contributed by atoms with Gasteiger partial charge in [0.2, 0.25) is 0 Å². The molecule has 0 aliphatic heterocycles. The van der Waals surface area contributed by atoms with Crippen LogP contribution in [0, 0.1) is 0 Å². The van der Waals surface area contributed by atoms with Crippen LogP contribution in [0.25, 0.3) is 0 Å². The lowest BCUT2D eigenvalue weighted by Crippen LogP contribution is -2.10. The number of hydrogen-bond acceptors (Lipinski definition) is 1. The maximum Gasteiger partial charge on any atom is 0.0513 e. The Morgan fingerprint density at radius 3 is 2.25 bits per heavy atom. The Bertz CT molecular complexity index is 484. The fourth-order valence-corrected chi connectivity index (χ4v) is 2.43. The molecule has 0 aliphatic rings. The van der Waals surface area contributed by atoms with Crippen LogP contribution in [-0.2, 0) is 0 Å². The molecule has 2 rings (SSSR count). The molecule has 2 aromatic carbocycles. The minimum absolute atomic E-state index is 0. The van der Waals surface area contributed by atoms with Gasteiger partial charge in [0, 0.05) is 10.2 Å². The second-order valence-electron chi connectivity index (χ2n) is 4.76. The summed E-state index contributed by atoms with van der Waals surface area (Å²) in [7, 11) is 0. The molecule has 0 aliphatic carbocycles. The van der Waals surface area contributed by atoms with Gasteiger partial charge >= 0.3 is 0 Å². The van der Waals surface area contributed by atoms with Crippen molar-refractivity contribution in [1.29, 1.82) is 0 Å². The van der Waals surface area contributed by atoms with Gasteiger partial charge in [-0.05, 0) is 36.2 Å². The number of hydrogen-bond donors (Lipinski definition) is 1. The number of unbranched alkanes of at least 4 members (excludes halogenated alkanes) is 1. The standard InChI is InChI=1S/C17H20BrN.ClH/c1-2-3-9-17(14-10-12-15(18)13-11-14)19-16-7-5-4-6-8-16;/h4-8,10-13,17,19H,2-3,9H2,1H3;1H. The summed E-state index contributed by atoms with van der Waals surface area (Å²) in [4.78, 5) is 0. The zero-order chi connectivity index (χ0) is 13.5. The molecule has 0 spiro atoms. The summed E-state index contributed by atoms with van der Waals surface area (Å²) in [6, 6.07) is 19.4. The molecule has 0 saturated carbocycles. The molecule has 3 heteroatoms. The molecule has 1 atom stereocenters. The third-order valence-electron chi connectivity index (χ3n) is 3.23. The van der Waals surface area contributed by atoms with Crippen LogP contribution < -0.4 is 5.32 Å². The second kappa shape index (κ2) is 9.04. The summed E-state index contributed by atoms with van der Waals surface area (Å²) < 4.78 is 1.13. The van der Waals surface area contributed by atoms with E-state index in [9.17, 15) is 0 Å².